The van der Waals surface area contributed by atoms with Gasteiger partial charge in [-0.2, -0.15) is 0 Å². The number of nitrogens with zero attached hydrogens (tertiary/aromatic N) is 2. The van der Waals surface area contributed by atoms with E-state index in [2.05, 4.69) is 11.0 Å². The maximum Gasteiger partial charge on any atom is 0.303 e. The summed E-state index contributed by atoms with van der Waals surface area (Å²) in [5.74, 6) is 1.84. The van der Waals surface area contributed by atoms with Crippen molar-refractivity contribution in [1.82, 2.24) is 9.80 Å². The van der Waals surface area contributed by atoms with E-state index < -0.39 is 11.0 Å². The zero-order valence-corrected chi connectivity index (χ0v) is 22.9. The van der Waals surface area contributed by atoms with Crippen LogP contribution in [0.1, 0.15) is 55.7 Å². The lowest BCUT2D eigenvalue weighted by Gasteiger charge is -2.65. The lowest BCUT2D eigenvalue weighted by molar-refractivity contribution is -0.223. The first-order valence-corrected chi connectivity index (χ1v) is 14.2. The summed E-state index contributed by atoms with van der Waals surface area (Å²) < 4.78 is 24.4. The molecule has 2 aromatic rings. The number of furan rings is 1. The van der Waals surface area contributed by atoms with Crippen LogP contribution in [0.3, 0.4) is 0 Å². The lowest BCUT2D eigenvalue weighted by atomic mass is 9.48. The smallest absolute Gasteiger partial charge is 0.303 e. The predicted octanol–water partition coefficient (Wildman–Crippen LogP) is 3.96. The van der Waals surface area contributed by atoms with Crippen LogP contribution >= 0.6 is 0 Å². The molecule has 2 saturated carbocycles. The number of hydrogen-bond acceptors (Lipinski definition) is 7. The van der Waals surface area contributed by atoms with E-state index in [1.54, 1.807) is 31.8 Å². The Hall–Kier alpha value is -3.26. The Balaban J connectivity index is 1.33. The molecule has 0 unspecified atom stereocenters. The molecule has 0 N–H and O–H groups in total. The third-order valence-electron chi connectivity index (χ3n) is 10.0. The van der Waals surface area contributed by atoms with Gasteiger partial charge in [-0.1, -0.05) is 6.07 Å². The molecule has 3 fully saturated rings. The molecular weight excluding hydrogens is 496 g/mol. The van der Waals surface area contributed by atoms with Gasteiger partial charge in [-0.15, -0.1) is 0 Å². The second-order valence-electron chi connectivity index (χ2n) is 12.0. The molecule has 206 valence electrons. The van der Waals surface area contributed by atoms with Crippen molar-refractivity contribution in [3.63, 3.8) is 0 Å². The molecule has 1 aromatic carbocycles. The molecule has 2 aliphatic heterocycles. The van der Waals surface area contributed by atoms with Crippen molar-refractivity contribution in [2.75, 3.05) is 27.2 Å². The number of benzene rings is 1. The van der Waals surface area contributed by atoms with Crippen LogP contribution in [0.2, 0.25) is 0 Å². The predicted molar refractivity (Wildman–Crippen MR) is 144 cm³/mol. The standard InChI is InChI=1S/C31H36N2O6/c1-19(34)39-31-12-10-23(32(2)26(35)9-6-21-11-15-37-18-21)29-30(31)13-14-33(17-20-4-5-20)25(31)16-22-7-8-24(36-3)28(38-29)27(22)30/h6-9,11,15,18,20,23,25,29H,4-5,10,12-14,16-17H2,1-3H3/b9-6+/t23-,25+,29-,30-,31+/m0/s1. The number of methoxy groups -OCH3 is 1. The number of piperidine rings is 1. The number of ether oxygens (including phenoxy) is 3. The minimum atomic E-state index is -0.714. The Morgan fingerprint density at radius 1 is 1.21 bits per heavy atom. The SMILES string of the molecule is COc1ccc2c3c1O[C@H]1[C@@H](N(C)C(=O)/C=C/c4ccoc4)CC[C@@]4(OC(C)=O)[C@@H](C2)N(CC2CC2)CC[C@]314. The van der Waals surface area contributed by atoms with Gasteiger partial charge in [-0.05, 0) is 74.8 Å². The first kappa shape index (κ1) is 24.8. The third kappa shape index (κ3) is 3.53. The van der Waals surface area contributed by atoms with E-state index in [4.69, 9.17) is 18.6 Å². The van der Waals surface area contributed by atoms with Crippen LogP contribution in [0.15, 0.2) is 41.2 Å². The van der Waals surface area contributed by atoms with Crippen molar-refractivity contribution in [3.8, 4) is 11.5 Å². The maximum absolute atomic E-state index is 13.4. The molecular formula is C31H36N2O6. The number of amides is 1. The highest BCUT2D eigenvalue weighted by Crippen LogP contribution is 2.67. The van der Waals surface area contributed by atoms with Gasteiger partial charge in [0, 0.05) is 37.7 Å². The van der Waals surface area contributed by atoms with Gasteiger partial charge in [0.05, 0.1) is 37.1 Å². The van der Waals surface area contributed by atoms with E-state index in [-0.39, 0.29) is 30.1 Å². The van der Waals surface area contributed by atoms with Gasteiger partial charge in [-0.25, -0.2) is 0 Å². The number of likely N-dealkylation sites (N-methyl/N-ethyl adjacent to an activating group) is 1. The molecule has 8 nitrogen and oxygen atoms in total. The number of carbonyl (C=O) groups excluding carboxylic acids is 2. The second kappa shape index (κ2) is 8.88. The Morgan fingerprint density at radius 3 is 2.77 bits per heavy atom. The fourth-order valence-corrected chi connectivity index (χ4v) is 8.26. The van der Waals surface area contributed by atoms with E-state index in [0.717, 1.165) is 48.7 Å². The molecule has 1 spiro atoms. The fraction of sp³-hybridized carbons (Fsp3) is 0.548. The zero-order valence-electron chi connectivity index (χ0n) is 22.9. The Labute approximate surface area is 228 Å². The Bertz CT molecular complexity index is 1330. The van der Waals surface area contributed by atoms with Crippen molar-refractivity contribution in [2.24, 2.45) is 5.92 Å². The summed E-state index contributed by atoms with van der Waals surface area (Å²) in [5.41, 5.74) is 1.96. The maximum atomic E-state index is 13.4. The second-order valence-corrected chi connectivity index (χ2v) is 12.0. The summed E-state index contributed by atoms with van der Waals surface area (Å²) >= 11 is 0. The summed E-state index contributed by atoms with van der Waals surface area (Å²) in [7, 11) is 3.52. The molecule has 5 atom stereocenters. The largest absolute Gasteiger partial charge is 0.493 e. The van der Waals surface area contributed by atoms with E-state index in [1.165, 1.54) is 25.3 Å². The quantitative estimate of drug-likeness (QED) is 0.394. The molecule has 0 radical (unpaired) electrons. The van der Waals surface area contributed by atoms with Gasteiger partial charge in [0.15, 0.2) is 11.5 Å². The highest BCUT2D eigenvalue weighted by atomic mass is 16.6. The van der Waals surface area contributed by atoms with E-state index in [0.29, 0.717) is 18.6 Å². The van der Waals surface area contributed by atoms with E-state index >= 15 is 0 Å². The molecule has 1 aromatic heterocycles. The molecule has 5 aliphatic rings. The monoisotopic (exact) mass is 532 g/mol. The fourth-order valence-electron chi connectivity index (χ4n) is 8.26. The summed E-state index contributed by atoms with van der Waals surface area (Å²) in [6.07, 6.45) is 11.8. The highest BCUT2D eigenvalue weighted by Gasteiger charge is 2.75. The van der Waals surface area contributed by atoms with Crippen molar-refractivity contribution in [2.45, 2.75) is 74.7 Å². The zero-order chi connectivity index (χ0) is 26.9. The van der Waals surface area contributed by atoms with Crippen LogP contribution in [0.25, 0.3) is 6.08 Å². The average Bonchev–Trinajstić information content (AvgIpc) is 3.44. The number of likely N-dealkylation sites (tertiary alicyclic amines) is 1. The molecule has 1 amide bonds. The summed E-state index contributed by atoms with van der Waals surface area (Å²) in [6.45, 7) is 3.50. The van der Waals surface area contributed by atoms with Gasteiger partial charge in [0.2, 0.25) is 5.91 Å². The molecule has 39 heavy (non-hydrogen) atoms. The van der Waals surface area contributed by atoms with Crippen LogP contribution in [0, 0.1) is 5.92 Å². The third-order valence-corrected chi connectivity index (χ3v) is 10.0. The molecule has 2 bridgehead atoms. The van der Waals surface area contributed by atoms with Crippen molar-refractivity contribution in [1.29, 1.82) is 0 Å². The van der Waals surface area contributed by atoms with Gasteiger partial charge in [0.1, 0.15) is 11.7 Å². The minimum absolute atomic E-state index is 0.0802. The Morgan fingerprint density at radius 2 is 2.05 bits per heavy atom. The van der Waals surface area contributed by atoms with E-state index in [1.807, 2.05) is 24.1 Å². The highest BCUT2D eigenvalue weighted by molar-refractivity contribution is 5.92. The molecule has 3 aliphatic carbocycles. The number of carbonyl (C=O) groups is 2. The summed E-state index contributed by atoms with van der Waals surface area (Å²) in [5, 5.41) is 0. The Kier molecular flexibility index (Phi) is 5.64. The normalized spacial score (nSPS) is 32.4. The van der Waals surface area contributed by atoms with Crippen LogP contribution in [-0.2, 0) is 26.2 Å². The van der Waals surface area contributed by atoms with Gasteiger partial charge in [-0.3, -0.25) is 14.5 Å². The summed E-state index contributed by atoms with van der Waals surface area (Å²) in [6, 6.07) is 5.88. The topological polar surface area (TPSA) is 81.5 Å². The van der Waals surface area contributed by atoms with Gasteiger partial charge in [0.25, 0.3) is 0 Å². The van der Waals surface area contributed by atoms with Crippen LogP contribution in [0.4, 0.5) is 0 Å². The average molecular weight is 533 g/mol. The molecule has 1 saturated heterocycles. The number of hydrogen-bond donors (Lipinski definition) is 0. The van der Waals surface area contributed by atoms with E-state index in [9.17, 15) is 9.59 Å². The van der Waals surface area contributed by atoms with Crippen LogP contribution in [-0.4, -0.2) is 72.7 Å². The first-order chi connectivity index (χ1) is 18.9. The van der Waals surface area contributed by atoms with Gasteiger partial charge >= 0.3 is 5.97 Å². The first-order valence-electron chi connectivity index (χ1n) is 14.2. The number of rotatable bonds is 7. The van der Waals surface area contributed by atoms with Crippen LogP contribution in [0.5, 0.6) is 11.5 Å². The molecule has 8 heteroatoms. The van der Waals surface area contributed by atoms with Crippen molar-refractivity contribution < 1.29 is 28.2 Å². The van der Waals surface area contributed by atoms with Crippen molar-refractivity contribution in [3.05, 3.63) is 53.5 Å². The lowest BCUT2D eigenvalue weighted by Crippen LogP contribution is -2.79. The van der Waals surface area contributed by atoms with Crippen molar-refractivity contribution >= 4 is 18.0 Å². The summed E-state index contributed by atoms with van der Waals surface area (Å²) in [4.78, 5) is 30.7. The van der Waals surface area contributed by atoms with Crippen LogP contribution < -0.4 is 9.47 Å². The van der Waals surface area contributed by atoms with Gasteiger partial charge < -0.3 is 23.5 Å². The minimum Gasteiger partial charge on any atom is -0.493 e. The number of esters is 1. The molecule has 7 rings (SSSR count). The molecule has 3 heterocycles.